The van der Waals surface area contributed by atoms with E-state index >= 15 is 0 Å². The minimum Gasteiger partial charge on any atom is -0.497 e. The van der Waals surface area contributed by atoms with Crippen LogP contribution in [0.4, 0.5) is 0 Å². The molecule has 0 amide bonds. The predicted octanol–water partition coefficient (Wildman–Crippen LogP) is 5.83. The molecular weight excluding hydrogens is 445 g/mol. The van der Waals surface area contributed by atoms with Gasteiger partial charge in [-0.1, -0.05) is 29.3 Å². The van der Waals surface area contributed by atoms with E-state index in [9.17, 15) is 13.7 Å². The molecule has 3 aromatic carbocycles. The van der Waals surface area contributed by atoms with E-state index < -0.39 is 10.1 Å². The summed E-state index contributed by atoms with van der Waals surface area (Å²) < 4.78 is 35.1. The van der Waals surface area contributed by atoms with Crippen molar-refractivity contribution < 1.29 is 17.3 Å². The minimum absolute atomic E-state index is 0.0216. The van der Waals surface area contributed by atoms with Gasteiger partial charge in [0.2, 0.25) is 0 Å². The van der Waals surface area contributed by atoms with Crippen LogP contribution >= 0.6 is 23.2 Å². The van der Waals surface area contributed by atoms with Gasteiger partial charge in [-0.3, -0.25) is 0 Å². The first kappa shape index (κ1) is 21.7. The van der Waals surface area contributed by atoms with Crippen molar-refractivity contribution in [1.29, 1.82) is 5.26 Å². The number of allylic oxidation sites excluding steroid dienone is 1. The third-order valence-electron chi connectivity index (χ3n) is 4.09. The second-order valence-electron chi connectivity index (χ2n) is 6.08. The van der Waals surface area contributed by atoms with Crippen molar-refractivity contribution in [2.24, 2.45) is 0 Å². The number of rotatable bonds is 6. The highest BCUT2D eigenvalue weighted by atomic mass is 35.5. The number of nitrogens with zero attached hydrogens (tertiary/aromatic N) is 1. The SMILES string of the molecule is COc1ccc(/C(C#N)=C/c2ccc(OS(=O)(=O)c3ccc(Cl)cc3)c(Cl)c2)cc1. The van der Waals surface area contributed by atoms with Crippen LogP contribution in [0.5, 0.6) is 11.5 Å². The summed E-state index contributed by atoms with van der Waals surface area (Å²) >= 11 is 12.0. The van der Waals surface area contributed by atoms with Crippen LogP contribution in [0.15, 0.2) is 71.6 Å². The van der Waals surface area contributed by atoms with Crippen molar-refractivity contribution in [2.75, 3.05) is 7.11 Å². The molecule has 0 aliphatic rings. The molecule has 0 spiro atoms. The lowest BCUT2D eigenvalue weighted by Gasteiger charge is -2.09. The molecule has 0 heterocycles. The molecule has 0 fully saturated rings. The van der Waals surface area contributed by atoms with Gasteiger partial charge in [0.25, 0.3) is 0 Å². The summed E-state index contributed by atoms with van der Waals surface area (Å²) in [5.41, 5.74) is 1.74. The normalized spacial score (nSPS) is 11.6. The van der Waals surface area contributed by atoms with Crippen molar-refractivity contribution in [2.45, 2.75) is 4.90 Å². The van der Waals surface area contributed by atoms with Crippen molar-refractivity contribution in [1.82, 2.24) is 0 Å². The van der Waals surface area contributed by atoms with Gasteiger partial charge in [0, 0.05) is 5.02 Å². The molecule has 0 bridgehead atoms. The van der Waals surface area contributed by atoms with E-state index in [-0.39, 0.29) is 15.7 Å². The zero-order chi connectivity index (χ0) is 21.7. The van der Waals surface area contributed by atoms with E-state index in [2.05, 4.69) is 6.07 Å². The zero-order valence-electron chi connectivity index (χ0n) is 15.7. The fourth-order valence-corrected chi connectivity index (χ4v) is 3.91. The van der Waals surface area contributed by atoms with Crippen LogP contribution in [0.1, 0.15) is 11.1 Å². The average Bonchev–Trinajstić information content (AvgIpc) is 2.74. The average molecular weight is 460 g/mol. The summed E-state index contributed by atoms with van der Waals surface area (Å²) in [6, 6.07) is 19.4. The molecule has 8 heteroatoms. The Labute approximate surface area is 184 Å². The molecule has 0 atom stereocenters. The van der Waals surface area contributed by atoms with Crippen LogP contribution in [0, 0.1) is 11.3 Å². The number of hydrogen-bond donors (Lipinski definition) is 0. The smallest absolute Gasteiger partial charge is 0.339 e. The molecule has 3 rings (SSSR count). The molecule has 30 heavy (non-hydrogen) atoms. The maximum atomic E-state index is 12.4. The Hall–Kier alpha value is -2.98. The number of methoxy groups -OCH3 is 1. The molecule has 0 N–H and O–H groups in total. The lowest BCUT2D eigenvalue weighted by molar-refractivity contribution is 0.415. The Morgan fingerprint density at radius 1 is 1.00 bits per heavy atom. The quantitative estimate of drug-likeness (QED) is 0.263. The highest BCUT2D eigenvalue weighted by Gasteiger charge is 2.18. The third-order valence-corrected chi connectivity index (χ3v) is 5.89. The van der Waals surface area contributed by atoms with Crippen LogP contribution in [0.3, 0.4) is 0 Å². The summed E-state index contributed by atoms with van der Waals surface area (Å²) in [7, 11) is -2.50. The highest BCUT2D eigenvalue weighted by molar-refractivity contribution is 7.87. The fourth-order valence-electron chi connectivity index (χ4n) is 2.56. The van der Waals surface area contributed by atoms with Crippen LogP contribution in [0.25, 0.3) is 11.6 Å². The van der Waals surface area contributed by atoms with Crippen LogP contribution in [0.2, 0.25) is 10.0 Å². The first-order valence-electron chi connectivity index (χ1n) is 8.58. The summed E-state index contributed by atoms with van der Waals surface area (Å²) in [5, 5.41) is 10.00. The maximum absolute atomic E-state index is 12.4. The maximum Gasteiger partial charge on any atom is 0.339 e. The van der Waals surface area contributed by atoms with Crippen molar-refractivity contribution in [3.8, 4) is 17.6 Å². The lowest BCUT2D eigenvalue weighted by atomic mass is 10.0. The molecule has 0 unspecified atom stereocenters. The standard InChI is InChI=1S/C22H15Cl2NO4S/c1-28-19-7-3-16(4-8-19)17(14-25)12-15-2-11-22(21(24)13-15)29-30(26,27)20-9-5-18(23)6-10-20/h2-13H,1H3/b17-12+. The van der Waals surface area contributed by atoms with E-state index in [1.54, 1.807) is 43.5 Å². The van der Waals surface area contributed by atoms with Crippen LogP contribution in [-0.4, -0.2) is 15.5 Å². The summed E-state index contributed by atoms with van der Waals surface area (Å²) in [6.07, 6.45) is 1.64. The van der Waals surface area contributed by atoms with Crippen molar-refractivity contribution >= 4 is 45.0 Å². The second kappa shape index (κ2) is 9.23. The molecular formula is C22H15Cl2NO4S. The number of ether oxygens (including phenoxy) is 1. The van der Waals surface area contributed by atoms with Gasteiger partial charge < -0.3 is 8.92 Å². The summed E-state index contributed by atoms with van der Waals surface area (Å²) in [4.78, 5) is -0.0433. The van der Waals surface area contributed by atoms with Gasteiger partial charge in [-0.15, -0.1) is 0 Å². The van der Waals surface area contributed by atoms with Gasteiger partial charge in [0.15, 0.2) is 5.75 Å². The topological polar surface area (TPSA) is 76.4 Å². The first-order valence-corrected chi connectivity index (χ1v) is 10.7. The summed E-state index contributed by atoms with van der Waals surface area (Å²) in [6.45, 7) is 0. The number of benzene rings is 3. The van der Waals surface area contributed by atoms with Gasteiger partial charge in [0.1, 0.15) is 10.6 Å². The first-order chi connectivity index (χ1) is 14.3. The van der Waals surface area contributed by atoms with Crippen molar-refractivity contribution in [3.63, 3.8) is 0 Å². The Bertz CT molecular complexity index is 1230. The van der Waals surface area contributed by atoms with Gasteiger partial charge in [-0.05, 0) is 77.9 Å². The minimum atomic E-state index is -4.07. The molecule has 0 aliphatic heterocycles. The van der Waals surface area contributed by atoms with Crippen LogP contribution in [-0.2, 0) is 10.1 Å². The Morgan fingerprint density at radius 3 is 2.23 bits per heavy atom. The van der Waals surface area contributed by atoms with E-state index in [0.29, 0.717) is 27.5 Å². The zero-order valence-corrected chi connectivity index (χ0v) is 18.0. The molecule has 5 nitrogen and oxygen atoms in total. The van der Waals surface area contributed by atoms with E-state index in [4.69, 9.17) is 32.1 Å². The van der Waals surface area contributed by atoms with E-state index in [1.165, 1.54) is 36.4 Å². The molecule has 3 aromatic rings. The largest absolute Gasteiger partial charge is 0.497 e. The molecule has 0 saturated heterocycles. The number of halogens is 2. The Morgan fingerprint density at radius 2 is 1.67 bits per heavy atom. The molecule has 0 saturated carbocycles. The number of hydrogen-bond acceptors (Lipinski definition) is 5. The third kappa shape index (κ3) is 5.14. The molecule has 0 aromatic heterocycles. The van der Waals surface area contributed by atoms with Gasteiger partial charge in [-0.25, -0.2) is 0 Å². The van der Waals surface area contributed by atoms with Crippen LogP contribution < -0.4 is 8.92 Å². The highest BCUT2D eigenvalue weighted by Crippen LogP contribution is 2.30. The van der Waals surface area contributed by atoms with Crippen molar-refractivity contribution in [3.05, 3.63) is 87.9 Å². The lowest BCUT2D eigenvalue weighted by Crippen LogP contribution is -2.09. The Kier molecular flexibility index (Phi) is 6.68. The molecule has 0 radical (unpaired) electrons. The predicted molar refractivity (Wildman–Crippen MR) is 117 cm³/mol. The van der Waals surface area contributed by atoms with E-state index in [0.717, 1.165) is 0 Å². The molecule has 0 aliphatic carbocycles. The second-order valence-corrected chi connectivity index (χ2v) is 8.47. The summed E-state index contributed by atoms with van der Waals surface area (Å²) in [5.74, 6) is 0.661. The van der Waals surface area contributed by atoms with Gasteiger partial charge >= 0.3 is 10.1 Å². The van der Waals surface area contributed by atoms with Gasteiger partial charge in [0.05, 0.1) is 23.8 Å². The monoisotopic (exact) mass is 459 g/mol. The Balaban J connectivity index is 1.86. The molecule has 152 valence electrons. The fraction of sp³-hybridized carbons (Fsp3) is 0.0455. The van der Waals surface area contributed by atoms with Gasteiger partial charge in [-0.2, -0.15) is 13.7 Å². The van der Waals surface area contributed by atoms with E-state index in [1.807, 2.05) is 0 Å². The number of nitriles is 1.